The molecule has 5 rings (SSSR count). The van der Waals surface area contributed by atoms with Crippen LogP contribution in [0, 0.1) is 11.7 Å². The Hall–Kier alpha value is -2.70. The third-order valence-electron chi connectivity index (χ3n) is 6.61. The predicted octanol–water partition coefficient (Wildman–Crippen LogP) is 4.11. The summed E-state index contributed by atoms with van der Waals surface area (Å²) in [6.45, 7) is 4.09. The molecule has 2 atom stereocenters. The van der Waals surface area contributed by atoms with E-state index in [2.05, 4.69) is 56.9 Å². The predicted molar refractivity (Wildman–Crippen MR) is 127 cm³/mol. The van der Waals surface area contributed by atoms with Gasteiger partial charge in [-0.1, -0.05) is 36.4 Å². The quantitative estimate of drug-likeness (QED) is 0.615. The van der Waals surface area contributed by atoms with Gasteiger partial charge in [0.25, 0.3) is 0 Å². The molecule has 0 radical (unpaired) electrons. The summed E-state index contributed by atoms with van der Waals surface area (Å²) in [5.74, 6) is -0.138. The minimum absolute atomic E-state index is 0.0794. The number of piperazine rings is 1. The maximum atomic E-state index is 13.3. The number of nitrogens with one attached hydrogen (secondary N) is 1. The lowest BCUT2D eigenvalue weighted by Crippen LogP contribution is -2.61. The molecule has 1 saturated heterocycles. The fourth-order valence-electron chi connectivity index (χ4n) is 5.00. The molecule has 1 amide bonds. The monoisotopic (exact) mass is 449 g/mol. The summed E-state index contributed by atoms with van der Waals surface area (Å²) in [7, 11) is 0. The van der Waals surface area contributed by atoms with Gasteiger partial charge < -0.3 is 10.2 Å². The fraction of sp³-hybridized carbons (Fsp3) is 0.346. The number of benzene rings is 2. The highest BCUT2D eigenvalue weighted by Crippen LogP contribution is 2.36. The minimum atomic E-state index is -0.207. The van der Waals surface area contributed by atoms with E-state index in [9.17, 15) is 9.18 Å². The number of fused-ring (bicyclic) bond motifs is 3. The van der Waals surface area contributed by atoms with E-state index in [1.807, 2.05) is 12.1 Å². The first-order chi connectivity index (χ1) is 15.7. The molecule has 0 bridgehead atoms. The van der Waals surface area contributed by atoms with Crippen LogP contribution in [-0.2, 0) is 24.2 Å². The zero-order chi connectivity index (χ0) is 21.9. The Kier molecular flexibility index (Phi) is 6.23. The van der Waals surface area contributed by atoms with Gasteiger partial charge in [0.1, 0.15) is 5.82 Å². The maximum absolute atomic E-state index is 13.3. The van der Waals surface area contributed by atoms with Crippen LogP contribution in [0.15, 0.2) is 66.0 Å². The van der Waals surface area contributed by atoms with Crippen LogP contribution in [0.2, 0.25) is 0 Å². The number of hydrogen-bond donors (Lipinski definition) is 1. The smallest absolute Gasteiger partial charge is 0.225 e. The van der Waals surface area contributed by atoms with E-state index < -0.39 is 0 Å². The van der Waals surface area contributed by atoms with Gasteiger partial charge in [-0.2, -0.15) is 0 Å². The summed E-state index contributed by atoms with van der Waals surface area (Å²) in [5.41, 5.74) is 3.63. The highest BCUT2D eigenvalue weighted by molar-refractivity contribution is 7.09. The second kappa shape index (κ2) is 9.43. The van der Waals surface area contributed by atoms with Crippen molar-refractivity contribution in [3.05, 3.63) is 87.9 Å². The molecule has 0 saturated carbocycles. The fourth-order valence-corrected chi connectivity index (χ4v) is 5.71. The summed E-state index contributed by atoms with van der Waals surface area (Å²) >= 11 is 1.73. The molecule has 0 unspecified atom stereocenters. The van der Waals surface area contributed by atoms with E-state index >= 15 is 0 Å². The van der Waals surface area contributed by atoms with Crippen molar-refractivity contribution in [3.63, 3.8) is 0 Å². The van der Waals surface area contributed by atoms with Crippen molar-refractivity contribution >= 4 is 22.9 Å². The van der Waals surface area contributed by atoms with E-state index in [-0.39, 0.29) is 23.7 Å². The van der Waals surface area contributed by atoms with Gasteiger partial charge in [-0.25, -0.2) is 4.39 Å². The number of amides is 1. The summed E-state index contributed by atoms with van der Waals surface area (Å²) < 4.78 is 13.3. The van der Waals surface area contributed by atoms with E-state index in [4.69, 9.17) is 0 Å². The van der Waals surface area contributed by atoms with E-state index in [1.165, 1.54) is 28.3 Å². The van der Waals surface area contributed by atoms with Gasteiger partial charge in [0.2, 0.25) is 5.91 Å². The number of para-hydroxylation sites is 1. The lowest BCUT2D eigenvalue weighted by atomic mass is 9.83. The van der Waals surface area contributed by atoms with Crippen molar-refractivity contribution in [3.8, 4) is 0 Å². The maximum Gasteiger partial charge on any atom is 0.225 e. The van der Waals surface area contributed by atoms with Crippen molar-refractivity contribution < 1.29 is 9.18 Å². The number of carbonyl (C=O) groups excluding carboxylic acids is 1. The van der Waals surface area contributed by atoms with E-state index in [0.29, 0.717) is 6.54 Å². The normalized spacial score (nSPS) is 20.5. The number of halogens is 1. The molecule has 6 heteroatoms. The molecule has 1 fully saturated rings. The number of rotatable bonds is 6. The SMILES string of the molecule is O=C(NCCc1cccs1)[C@H]1Cc2ccccc2N2CCN(Cc3ccc(F)cc3)C[C@H]12. The Labute approximate surface area is 192 Å². The lowest BCUT2D eigenvalue weighted by Gasteiger charge is -2.49. The van der Waals surface area contributed by atoms with Gasteiger partial charge in [0, 0.05) is 43.3 Å². The van der Waals surface area contributed by atoms with Crippen LogP contribution < -0.4 is 10.2 Å². The van der Waals surface area contributed by atoms with Crippen molar-refractivity contribution in [2.24, 2.45) is 5.92 Å². The average Bonchev–Trinajstić information content (AvgIpc) is 3.33. The zero-order valence-electron chi connectivity index (χ0n) is 18.0. The van der Waals surface area contributed by atoms with E-state index in [1.54, 1.807) is 11.3 Å². The third kappa shape index (κ3) is 4.57. The summed E-state index contributed by atoms with van der Waals surface area (Å²) in [5, 5.41) is 5.28. The first-order valence-corrected chi connectivity index (χ1v) is 12.2. The molecule has 1 aromatic heterocycles. The molecule has 166 valence electrons. The van der Waals surface area contributed by atoms with Crippen molar-refractivity contribution in [2.75, 3.05) is 31.1 Å². The Balaban J connectivity index is 1.31. The summed E-state index contributed by atoms with van der Waals surface area (Å²) in [4.78, 5) is 19.4. The number of carbonyl (C=O) groups is 1. The molecular formula is C26H28FN3OS. The summed E-state index contributed by atoms with van der Waals surface area (Å²) in [6, 6.07) is 19.5. The largest absolute Gasteiger partial charge is 0.365 e. The second-order valence-corrected chi connectivity index (χ2v) is 9.71. The molecule has 1 N–H and O–H groups in total. The Bertz CT molecular complexity index is 1050. The van der Waals surface area contributed by atoms with Crippen LogP contribution in [0.3, 0.4) is 0 Å². The van der Waals surface area contributed by atoms with Crippen molar-refractivity contribution in [2.45, 2.75) is 25.4 Å². The van der Waals surface area contributed by atoms with Crippen LogP contribution in [0.1, 0.15) is 16.0 Å². The minimum Gasteiger partial charge on any atom is -0.365 e. The number of nitrogens with zero attached hydrogens (tertiary/aromatic N) is 2. The number of anilines is 1. The molecule has 3 aromatic rings. The number of hydrogen-bond acceptors (Lipinski definition) is 4. The molecule has 2 aliphatic heterocycles. The molecule has 4 nitrogen and oxygen atoms in total. The van der Waals surface area contributed by atoms with Gasteiger partial charge in [-0.15, -0.1) is 11.3 Å². The van der Waals surface area contributed by atoms with Gasteiger partial charge in [-0.05, 0) is 53.6 Å². The van der Waals surface area contributed by atoms with Gasteiger partial charge in [0.15, 0.2) is 0 Å². The number of thiophene rings is 1. The highest BCUT2D eigenvalue weighted by Gasteiger charge is 2.41. The van der Waals surface area contributed by atoms with E-state index in [0.717, 1.165) is 44.6 Å². The van der Waals surface area contributed by atoms with Crippen LogP contribution in [0.25, 0.3) is 0 Å². The van der Waals surface area contributed by atoms with Gasteiger partial charge >= 0.3 is 0 Å². The second-order valence-electron chi connectivity index (χ2n) is 8.68. The topological polar surface area (TPSA) is 35.6 Å². The Morgan fingerprint density at radius 1 is 1.06 bits per heavy atom. The van der Waals surface area contributed by atoms with Gasteiger partial charge in [-0.3, -0.25) is 9.69 Å². The van der Waals surface area contributed by atoms with Gasteiger partial charge in [0.05, 0.1) is 12.0 Å². The summed E-state index contributed by atoms with van der Waals surface area (Å²) in [6.07, 6.45) is 1.64. The molecule has 2 aliphatic rings. The van der Waals surface area contributed by atoms with Crippen molar-refractivity contribution in [1.82, 2.24) is 10.2 Å². The molecule has 32 heavy (non-hydrogen) atoms. The van der Waals surface area contributed by atoms with Crippen LogP contribution in [-0.4, -0.2) is 43.0 Å². The van der Waals surface area contributed by atoms with Crippen molar-refractivity contribution in [1.29, 1.82) is 0 Å². The first kappa shape index (κ1) is 21.2. The standard InChI is InChI=1S/C26H28FN3OS/c27-21-9-7-19(8-10-21)17-29-13-14-30-24-6-2-1-4-20(24)16-23(25(30)18-29)26(31)28-12-11-22-5-3-15-32-22/h1-10,15,23,25H,11-14,16-18H2,(H,28,31)/t23-,25+/m0/s1. The molecule has 0 aliphatic carbocycles. The lowest BCUT2D eigenvalue weighted by molar-refractivity contribution is -0.126. The third-order valence-corrected chi connectivity index (χ3v) is 7.55. The molecule has 0 spiro atoms. The molecular weight excluding hydrogens is 421 g/mol. The zero-order valence-corrected chi connectivity index (χ0v) is 18.9. The Morgan fingerprint density at radius 2 is 1.91 bits per heavy atom. The first-order valence-electron chi connectivity index (χ1n) is 11.3. The average molecular weight is 450 g/mol. The highest BCUT2D eigenvalue weighted by atomic mass is 32.1. The van der Waals surface area contributed by atoms with Crippen LogP contribution >= 0.6 is 11.3 Å². The van der Waals surface area contributed by atoms with Crippen LogP contribution in [0.5, 0.6) is 0 Å². The Morgan fingerprint density at radius 3 is 2.72 bits per heavy atom. The van der Waals surface area contributed by atoms with Crippen LogP contribution in [0.4, 0.5) is 10.1 Å². The molecule has 2 aromatic carbocycles. The molecule has 3 heterocycles.